The Hall–Kier alpha value is -16.7. The van der Waals surface area contributed by atoms with Gasteiger partial charge in [0.15, 0.2) is 0 Å². The number of esters is 2. The van der Waals surface area contributed by atoms with E-state index in [1.165, 1.54) is 147 Å². The van der Waals surface area contributed by atoms with Gasteiger partial charge in [0.1, 0.15) is 18.1 Å². The summed E-state index contributed by atoms with van der Waals surface area (Å²) in [5.41, 5.74) is 6.11. The Bertz CT molecular complexity index is 10200. The lowest BCUT2D eigenvalue weighted by molar-refractivity contribution is -0.140. The summed E-state index contributed by atoms with van der Waals surface area (Å²) >= 11 is 0. The molecule has 0 saturated carbocycles. The SMILES string of the molecule is C#Cc1ccc2ccc3cccc4ccc1c2c34.C=C(C)C(=O)OCc1ccc2ccc3cccc4ccc1c2c34.C=CC(=O)OCc1ccc2ccc3cccc4ccc1c2c34.C=Cc1ccc2ccc3cccc4ccc1c2c34.O=P(O)(O)Cc1ccc2ccc3cccc4ccc1c2c34.O=P(O)(O)OCc1ccc2ccc3cccc4ccc1c2c34.O=S(=O)(O)c1ccc2ccc3cccc4ccc1c2c34. The van der Waals surface area contributed by atoms with Crippen LogP contribution in [0.25, 0.3) is 232 Å². The molecule has 0 bridgehead atoms. The van der Waals surface area contributed by atoms with E-state index in [1.54, 1.807) is 19.1 Å². The number of phosphoric ester groups is 1. The fourth-order valence-electron chi connectivity index (χ4n) is 21.3. The molecule has 0 atom stereocenters. The first kappa shape index (κ1) is 92.4. The molecule has 0 unspecified atom stereocenters. The maximum absolute atomic E-state index is 11.7. The van der Waals surface area contributed by atoms with Gasteiger partial charge in [-0.25, -0.2) is 14.2 Å². The highest BCUT2D eigenvalue weighted by Crippen LogP contribution is 2.48. The topological polar surface area (TPSA) is 231 Å². The normalized spacial score (nSPS) is 11.9. The molecule has 0 spiro atoms. The number of hydrogen-bond acceptors (Lipinski definition) is 9. The van der Waals surface area contributed by atoms with E-state index in [-0.39, 0.29) is 36.8 Å². The van der Waals surface area contributed by atoms with Crippen LogP contribution >= 0.6 is 15.4 Å². The van der Waals surface area contributed by atoms with Crippen molar-refractivity contribution in [2.75, 3.05) is 0 Å². The van der Waals surface area contributed by atoms with Crippen LogP contribution in [0.3, 0.4) is 0 Å². The molecule has 0 aromatic heterocycles. The van der Waals surface area contributed by atoms with Crippen LogP contribution in [0.5, 0.6) is 0 Å². The first-order chi connectivity index (χ1) is 69.8. The first-order valence-electron chi connectivity index (χ1n) is 46.8. The Morgan fingerprint density at radius 2 is 0.556 bits per heavy atom. The summed E-state index contributed by atoms with van der Waals surface area (Å²) < 4.78 is 70.0. The molecular weight excluding hydrogens is 1840 g/mol. The Morgan fingerprint density at radius 3 is 0.861 bits per heavy atom. The average Bonchev–Trinajstić information content (AvgIpc) is 0.756. The molecule has 0 heterocycles. The van der Waals surface area contributed by atoms with Crippen LogP contribution in [-0.4, -0.2) is 44.5 Å². The predicted molar refractivity (Wildman–Crippen MR) is 596 cm³/mol. The molecule has 28 aromatic rings. The fourth-order valence-corrected chi connectivity index (χ4v) is 23.0. The average molecular weight is 1930 g/mol. The number of hydrogen-bond donors (Lipinski definition) is 5. The first-order valence-corrected chi connectivity index (χ1v) is 51.6. The van der Waals surface area contributed by atoms with Crippen molar-refractivity contribution in [2.24, 2.45) is 0 Å². The number of terminal acetylenes is 1. The highest BCUT2D eigenvalue weighted by atomic mass is 32.2. The van der Waals surface area contributed by atoms with E-state index in [1.807, 2.05) is 121 Å². The second-order valence-corrected chi connectivity index (χ2v) is 40.6. The molecule has 144 heavy (non-hydrogen) atoms. The van der Waals surface area contributed by atoms with Gasteiger partial charge in [-0.15, -0.1) is 6.42 Å². The zero-order valence-corrected chi connectivity index (χ0v) is 80.4. The van der Waals surface area contributed by atoms with Crippen LogP contribution in [0.1, 0.15) is 40.3 Å². The lowest BCUT2D eigenvalue weighted by Crippen LogP contribution is -2.05. The zero-order chi connectivity index (χ0) is 99.1. The van der Waals surface area contributed by atoms with Crippen LogP contribution in [0.4, 0.5) is 0 Å². The van der Waals surface area contributed by atoms with Crippen LogP contribution in [0.2, 0.25) is 0 Å². The molecule has 28 rings (SSSR count). The van der Waals surface area contributed by atoms with Gasteiger partial charge in [0.2, 0.25) is 0 Å². The molecule has 0 amide bonds. The molecule has 17 heteroatoms. The third kappa shape index (κ3) is 17.2. The highest BCUT2D eigenvalue weighted by Gasteiger charge is 2.24. The summed E-state index contributed by atoms with van der Waals surface area (Å²) in [6, 6.07) is 130. The standard InChI is InChI=1S/C21H16O2.C20H14O2.C18H12.C18H10.C17H13O4P.C17H13O3P.C16H10O3S/c1-13(2)21(22)23-12-17-9-8-16-7-6-14-4-3-5-15-10-11-18(17)20(16)19(14)15;1-2-18(21)22-12-16-9-8-15-7-6-13-4-3-5-14-10-11-17(16)20(15)19(13)14;2*1-2-12-6-7-15-9-8-13-4-3-5-14-10-11-16(12)18(15)17(13)14;18-22(19,20)21-10-14-7-6-13-5-4-11-2-1-3-12-8-9-15(14)17(13)16(11)12;18-21(19,20)10-14-7-6-13-5-4-11-2-1-3-12-8-9-15(14)17(13)16(11)12;17-20(18,19)14-9-7-12-5-4-10-2-1-3-11-6-8-13(14)16(12)15(10)11/h3-11H,1,12H2,2H3;2-11H,1,12H2;2-11H,1H2;1,3-11H;1-9H,10H2,(H2,18,19,20);1-9H,10H2,(H2,18,19,20);1-9H,(H,17,18,19). The second kappa shape index (κ2) is 37.4. The number of benzene rings is 28. The molecule has 0 aliphatic rings. The Balaban J connectivity index is 0.0000000960. The monoisotopic (exact) mass is 1930 g/mol. The van der Waals surface area contributed by atoms with Crippen molar-refractivity contribution in [3.8, 4) is 12.3 Å². The van der Waals surface area contributed by atoms with Gasteiger partial charge >= 0.3 is 27.4 Å². The third-order valence-electron chi connectivity index (χ3n) is 27.7. The summed E-state index contributed by atoms with van der Waals surface area (Å²) in [5, 5.41) is 49.1. The molecular formula is C127H88O14P2S. The number of carbonyl (C=O) groups excluding carboxylic acids is 2. The van der Waals surface area contributed by atoms with Crippen molar-refractivity contribution in [2.45, 2.75) is 37.8 Å². The van der Waals surface area contributed by atoms with Crippen LogP contribution in [0.15, 0.2) is 418 Å². The van der Waals surface area contributed by atoms with E-state index in [2.05, 4.69) is 279 Å². The van der Waals surface area contributed by atoms with Crippen molar-refractivity contribution in [3.63, 3.8) is 0 Å². The van der Waals surface area contributed by atoms with Gasteiger partial charge in [-0.2, -0.15) is 8.42 Å². The molecule has 0 radical (unpaired) electrons. The summed E-state index contributed by atoms with van der Waals surface area (Å²) in [6.07, 6.45) is 8.50. The van der Waals surface area contributed by atoms with Gasteiger partial charge in [-0.1, -0.05) is 402 Å². The van der Waals surface area contributed by atoms with Gasteiger partial charge in [0.25, 0.3) is 10.1 Å². The summed E-state index contributed by atoms with van der Waals surface area (Å²) in [5.74, 6) is 2.03. The van der Waals surface area contributed by atoms with Gasteiger partial charge in [0.05, 0.1) is 12.8 Å². The molecule has 0 aliphatic heterocycles. The van der Waals surface area contributed by atoms with E-state index in [4.69, 9.17) is 25.7 Å². The van der Waals surface area contributed by atoms with Crippen LogP contribution < -0.4 is 0 Å². The largest absolute Gasteiger partial charge is 0.469 e. The van der Waals surface area contributed by atoms with Gasteiger partial charge < -0.3 is 29.0 Å². The van der Waals surface area contributed by atoms with Gasteiger partial charge in [-0.3, -0.25) is 13.6 Å². The number of phosphoric acid groups is 1. The summed E-state index contributed by atoms with van der Waals surface area (Å²) in [4.78, 5) is 59.3. The van der Waals surface area contributed by atoms with Crippen molar-refractivity contribution >= 4 is 270 Å². The maximum atomic E-state index is 11.7. The van der Waals surface area contributed by atoms with Crippen molar-refractivity contribution in [1.29, 1.82) is 0 Å². The minimum Gasteiger partial charge on any atom is -0.458 e. The molecule has 0 saturated heterocycles. The fraction of sp³-hybridized carbons (Fsp3) is 0.0394. The molecule has 696 valence electrons. The smallest absolute Gasteiger partial charge is 0.458 e. The van der Waals surface area contributed by atoms with E-state index in [0.717, 1.165) is 114 Å². The molecule has 0 fully saturated rings. The minimum atomic E-state index is -4.48. The van der Waals surface area contributed by atoms with E-state index in [0.29, 0.717) is 16.5 Å². The third-order valence-corrected chi connectivity index (χ3v) is 29.8. The predicted octanol–water partition coefficient (Wildman–Crippen LogP) is 32.1. The Morgan fingerprint density at radius 1 is 0.312 bits per heavy atom. The number of ether oxygens (including phenoxy) is 2. The van der Waals surface area contributed by atoms with Crippen molar-refractivity contribution in [1.82, 2.24) is 0 Å². The lowest BCUT2D eigenvalue weighted by Gasteiger charge is -2.14. The van der Waals surface area contributed by atoms with Crippen molar-refractivity contribution in [3.05, 3.63) is 447 Å². The summed E-state index contributed by atoms with van der Waals surface area (Å²) in [7, 11) is -12.8. The molecule has 0 aliphatic carbocycles. The molecule has 28 aromatic carbocycles. The quantitative estimate of drug-likeness (QED) is 0.0181. The van der Waals surface area contributed by atoms with Crippen molar-refractivity contribution < 1.29 is 65.3 Å². The molecule has 14 nitrogen and oxygen atoms in total. The van der Waals surface area contributed by atoms with Gasteiger partial charge in [-0.05, 0) is 268 Å². The van der Waals surface area contributed by atoms with E-state index < -0.39 is 31.5 Å². The minimum absolute atomic E-state index is 0.0387. The van der Waals surface area contributed by atoms with Gasteiger partial charge in [0, 0.05) is 22.6 Å². The number of rotatable bonds is 13. The highest BCUT2D eigenvalue weighted by molar-refractivity contribution is 7.86. The van der Waals surface area contributed by atoms with Crippen LogP contribution in [0, 0.1) is 12.3 Å². The summed E-state index contributed by atoms with van der Waals surface area (Å²) in [6.45, 7) is 13.0. The lowest BCUT2D eigenvalue weighted by atomic mass is 9.92. The van der Waals surface area contributed by atoms with E-state index in [9.17, 15) is 41.5 Å². The molecule has 5 N–H and O–H groups in total. The Kier molecular flexibility index (Phi) is 24.0. The zero-order valence-electron chi connectivity index (χ0n) is 77.8. The Labute approximate surface area is 826 Å². The maximum Gasteiger partial charge on any atom is 0.469 e. The van der Waals surface area contributed by atoms with Crippen LogP contribution in [-0.2, 0) is 68.8 Å². The van der Waals surface area contributed by atoms with E-state index >= 15 is 0 Å². The number of carbonyl (C=O) groups is 2. The second-order valence-electron chi connectivity index (χ2n) is 36.3.